The van der Waals surface area contributed by atoms with Gasteiger partial charge in [-0.05, 0) is 12.8 Å². The summed E-state index contributed by atoms with van der Waals surface area (Å²) < 4.78 is 0. The number of nitrogens with zero attached hydrogens (tertiary/aromatic N) is 2. The van der Waals surface area contributed by atoms with Crippen molar-refractivity contribution in [3.05, 3.63) is 0 Å². The van der Waals surface area contributed by atoms with Gasteiger partial charge in [-0.2, -0.15) is 5.26 Å². The van der Waals surface area contributed by atoms with Crippen molar-refractivity contribution >= 4 is 11.8 Å². The molecule has 2 N–H and O–H groups in total. The quantitative estimate of drug-likeness (QED) is 0.707. The van der Waals surface area contributed by atoms with Crippen molar-refractivity contribution in [3.8, 4) is 6.07 Å². The molecule has 0 radical (unpaired) electrons. The average molecular weight is 211 g/mol. The van der Waals surface area contributed by atoms with E-state index in [9.17, 15) is 9.59 Å². The van der Waals surface area contributed by atoms with E-state index in [4.69, 9.17) is 11.0 Å². The van der Waals surface area contributed by atoms with Crippen LogP contribution in [0.5, 0.6) is 0 Å². The lowest BCUT2D eigenvalue weighted by Gasteiger charge is -2.27. The Bertz CT molecular complexity index is 290. The Balaban J connectivity index is 4.81. The van der Waals surface area contributed by atoms with Crippen LogP contribution in [-0.2, 0) is 9.59 Å². The molecule has 15 heavy (non-hydrogen) atoms. The summed E-state index contributed by atoms with van der Waals surface area (Å²) in [4.78, 5) is 23.7. The standard InChI is InChI=1S/C10H17N3O2/c1-4-10(5-2,7-11)9(15)13(3)6-8(12)14/h4-6H2,1-3H3,(H2,12,14). The summed E-state index contributed by atoms with van der Waals surface area (Å²) in [5.74, 6) is -0.918. The van der Waals surface area contributed by atoms with Crippen molar-refractivity contribution in [1.82, 2.24) is 4.90 Å². The van der Waals surface area contributed by atoms with Crippen LogP contribution in [0.4, 0.5) is 0 Å². The Morgan fingerprint density at radius 2 is 1.87 bits per heavy atom. The van der Waals surface area contributed by atoms with Crippen molar-refractivity contribution < 1.29 is 9.59 Å². The molecule has 0 unspecified atom stereocenters. The van der Waals surface area contributed by atoms with Gasteiger partial charge in [0.1, 0.15) is 5.41 Å². The summed E-state index contributed by atoms with van der Waals surface area (Å²) in [5.41, 5.74) is 3.96. The number of rotatable bonds is 5. The van der Waals surface area contributed by atoms with Crippen molar-refractivity contribution in [1.29, 1.82) is 5.26 Å². The van der Waals surface area contributed by atoms with Gasteiger partial charge in [-0.15, -0.1) is 0 Å². The summed E-state index contributed by atoms with van der Waals surface area (Å²) in [6.07, 6.45) is 0.865. The SMILES string of the molecule is CCC(C#N)(CC)C(=O)N(C)CC(N)=O. The second-order valence-corrected chi connectivity index (χ2v) is 3.53. The Morgan fingerprint density at radius 1 is 1.40 bits per heavy atom. The Morgan fingerprint density at radius 3 is 2.13 bits per heavy atom. The molecule has 84 valence electrons. The number of nitriles is 1. The molecule has 2 amide bonds. The maximum absolute atomic E-state index is 11.9. The van der Waals surface area contributed by atoms with E-state index in [-0.39, 0.29) is 12.5 Å². The van der Waals surface area contributed by atoms with Crippen LogP contribution in [-0.4, -0.2) is 30.3 Å². The topological polar surface area (TPSA) is 87.2 Å². The minimum atomic E-state index is -1.02. The number of hydrogen-bond acceptors (Lipinski definition) is 3. The van der Waals surface area contributed by atoms with Gasteiger partial charge in [0.15, 0.2) is 0 Å². The van der Waals surface area contributed by atoms with E-state index in [1.54, 1.807) is 13.8 Å². The van der Waals surface area contributed by atoms with Crippen molar-refractivity contribution in [2.75, 3.05) is 13.6 Å². The molecule has 5 heteroatoms. The lowest BCUT2D eigenvalue weighted by molar-refractivity contribution is -0.140. The lowest BCUT2D eigenvalue weighted by Crippen LogP contribution is -2.44. The van der Waals surface area contributed by atoms with E-state index in [0.717, 1.165) is 0 Å². The van der Waals surface area contributed by atoms with Gasteiger partial charge < -0.3 is 10.6 Å². The molecule has 0 aliphatic heterocycles. The largest absolute Gasteiger partial charge is 0.368 e. The summed E-state index contributed by atoms with van der Waals surface area (Å²) in [6.45, 7) is 3.41. The normalized spacial score (nSPS) is 10.5. The molecule has 0 heterocycles. The number of likely N-dealkylation sites (N-methyl/N-ethyl adjacent to an activating group) is 1. The summed E-state index contributed by atoms with van der Waals surface area (Å²) >= 11 is 0. The molecule has 0 aromatic rings. The number of amides is 2. The number of hydrogen-bond donors (Lipinski definition) is 1. The molecule has 0 atom stereocenters. The minimum Gasteiger partial charge on any atom is -0.368 e. The van der Waals surface area contributed by atoms with E-state index in [0.29, 0.717) is 12.8 Å². The van der Waals surface area contributed by atoms with Crippen LogP contribution in [0.15, 0.2) is 0 Å². The van der Waals surface area contributed by atoms with Gasteiger partial charge in [0.25, 0.3) is 0 Å². The minimum absolute atomic E-state index is 0.151. The number of carbonyl (C=O) groups is 2. The first-order chi connectivity index (χ1) is 6.93. The zero-order chi connectivity index (χ0) is 12.1. The maximum Gasteiger partial charge on any atom is 0.243 e. The second-order valence-electron chi connectivity index (χ2n) is 3.53. The third kappa shape index (κ3) is 2.94. The van der Waals surface area contributed by atoms with Gasteiger partial charge in [0, 0.05) is 7.05 Å². The molecule has 0 rings (SSSR count). The lowest BCUT2D eigenvalue weighted by atomic mass is 9.82. The van der Waals surface area contributed by atoms with Crippen molar-refractivity contribution in [2.45, 2.75) is 26.7 Å². The fourth-order valence-electron chi connectivity index (χ4n) is 1.43. The molecular weight excluding hydrogens is 194 g/mol. The number of nitrogens with two attached hydrogens (primary N) is 1. The molecule has 0 saturated heterocycles. The fourth-order valence-corrected chi connectivity index (χ4v) is 1.43. The van der Waals surface area contributed by atoms with Gasteiger partial charge in [-0.1, -0.05) is 13.8 Å². The van der Waals surface area contributed by atoms with Crippen LogP contribution < -0.4 is 5.73 Å². The van der Waals surface area contributed by atoms with Gasteiger partial charge >= 0.3 is 0 Å². The van der Waals surface area contributed by atoms with Gasteiger partial charge in [0.05, 0.1) is 12.6 Å². The molecular formula is C10H17N3O2. The van der Waals surface area contributed by atoms with Gasteiger partial charge in [-0.25, -0.2) is 0 Å². The molecule has 0 bridgehead atoms. The highest BCUT2D eigenvalue weighted by atomic mass is 16.2. The third-order valence-electron chi connectivity index (χ3n) is 2.57. The highest BCUT2D eigenvalue weighted by molar-refractivity contribution is 5.88. The highest BCUT2D eigenvalue weighted by Crippen LogP contribution is 2.27. The van der Waals surface area contributed by atoms with E-state index in [1.165, 1.54) is 11.9 Å². The molecule has 0 aromatic heterocycles. The molecule has 0 aliphatic carbocycles. The number of primary amides is 1. The Hall–Kier alpha value is -1.57. The molecule has 0 saturated carbocycles. The van der Waals surface area contributed by atoms with E-state index < -0.39 is 11.3 Å². The van der Waals surface area contributed by atoms with Crippen molar-refractivity contribution in [2.24, 2.45) is 11.1 Å². The van der Waals surface area contributed by atoms with Crippen LogP contribution in [0, 0.1) is 16.7 Å². The van der Waals surface area contributed by atoms with Crippen LogP contribution in [0.3, 0.4) is 0 Å². The molecule has 0 aliphatic rings. The first kappa shape index (κ1) is 13.4. The molecule has 0 aromatic carbocycles. The van der Waals surface area contributed by atoms with Gasteiger partial charge in [-0.3, -0.25) is 9.59 Å². The summed E-state index contributed by atoms with van der Waals surface area (Å²) in [5, 5.41) is 9.02. The van der Waals surface area contributed by atoms with Gasteiger partial charge in [0.2, 0.25) is 11.8 Å². The first-order valence-electron chi connectivity index (χ1n) is 4.88. The van der Waals surface area contributed by atoms with E-state index in [2.05, 4.69) is 0 Å². The summed E-state index contributed by atoms with van der Waals surface area (Å²) in [7, 11) is 1.48. The van der Waals surface area contributed by atoms with E-state index >= 15 is 0 Å². The highest BCUT2D eigenvalue weighted by Gasteiger charge is 2.37. The second kappa shape index (κ2) is 5.35. The predicted molar refractivity (Wildman–Crippen MR) is 55.5 cm³/mol. The predicted octanol–water partition coefficient (Wildman–Crippen LogP) is 0.260. The third-order valence-corrected chi connectivity index (χ3v) is 2.57. The van der Waals surface area contributed by atoms with Crippen LogP contribution in [0.1, 0.15) is 26.7 Å². The maximum atomic E-state index is 11.9. The fraction of sp³-hybridized carbons (Fsp3) is 0.700. The molecule has 0 spiro atoms. The van der Waals surface area contributed by atoms with Crippen LogP contribution in [0.2, 0.25) is 0 Å². The zero-order valence-electron chi connectivity index (χ0n) is 9.41. The zero-order valence-corrected chi connectivity index (χ0v) is 9.41. The van der Waals surface area contributed by atoms with Crippen LogP contribution in [0.25, 0.3) is 0 Å². The average Bonchev–Trinajstić information content (AvgIpc) is 2.20. The first-order valence-corrected chi connectivity index (χ1v) is 4.88. The smallest absolute Gasteiger partial charge is 0.243 e. The summed E-state index contributed by atoms with van der Waals surface area (Å²) in [6, 6.07) is 2.03. The van der Waals surface area contributed by atoms with Crippen LogP contribution >= 0.6 is 0 Å². The Kier molecular flexibility index (Phi) is 4.79. The number of carbonyl (C=O) groups excluding carboxylic acids is 2. The van der Waals surface area contributed by atoms with E-state index in [1.807, 2.05) is 6.07 Å². The van der Waals surface area contributed by atoms with Crippen molar-refractivity contribution in [3.63, 3.8) is 0 Å². The monoisotopic (exact) mass is 211 g/mol. The Labute approximate surface area is 89.8 Å². The molecule has 5 nitrogen and oxygen atoms in total. The molecule has 0 fully saturated rings.